The maximum atomic E-state index is 13.2. The summed E-state index contributed by atoms with van der Waals surface area (Å²) in [5.41, 5.74) is 0. The Balaban J connectivity index is 4.57. The average Bonchev–Trinajstić information content (AvgIpc) is 3.15. The number of quaternary nitrogens is 1. The average molecular weight is 805 g/mol. The second-order valence-corrected chi connectivity index (χ2v) is 18.7. The van der Waals surface area contributed by atoms with E-state index in [1.165, 1.54) is 154 Å². The number of carbonyl (C=O) groups is 1. The molecule has 9 nitrogen and oxygen atoms in total. The van der Waals surface area contributed by atoms with E-state index in [1.807, 2.05) is 27.2 Å². The van der Waals surface area contributed by atoms with Crippen LogP contribution in [-0.2, 0) is 18.4 Å². The quantitative estimate of drug-likeness (QED) is 0.0209. The van der Waals surface area contributed by atoms with E-state index in [-0.39, 0.29) is 6.61 Å². The molecule has 0 saturated heterocycles. The molecule has 0 aromatic heterocycles. The predicted octanol–water partition coefficient (Wildman–Crippen LogP) is 11.7. The molecule has 0 rings (SSSR count). The Bertz CT molecular complexity index is 952. The molecule has 0 aliphatic carbocycles. The highest BCUT2D eigenvalue weighted by Gasteiger charge is 2.29. The highest BCUT2D eigenvalue weighted by molar-refractivity contribution is 7.47. The van der Waals surface area contributed by atoms with Crippen molar-refractivity contribution in [1.82, 2.24) is 5.32 Å². The third-order valence-corrected chi connectivity index (χ3v) is 11.6. The van der Waals surface area contributed by atoms with Crippen molar-refractivity contribution in [1.29, 1.82) is 1.43 Å². The smallest absolute Gasteiger partial charge is 0.387 e. The number of carbonyl (C=O) groups excluding carboxylic acids is 1. The van der Waals surface area contributed by atoms with E-state index in [0.29, 0.717) is 17.4 Å². The molecule has 0 fully saturated rings. The first-order chi connectivity index (χ1) is 27.0. The summed E-state index contributed by atoms with van der Waals surface area (Å²) in [5.74, 6) is -0.544. The monoisotopic (exact) mass is 805 g/mol. The number of nitrogens with one attached hydrogen (secondary N) is 1. The summed E-state index contributed by atoms with van der Waals surface area (Å²) in [6, 6.07) is -1.02. The minimum absolute atomic E-state index is 0.0177. The van der Waals surface area contributed by atoms with Crippen LogP contribution in [-0.4, -0.2) is 86.1 Å². The Morgan fingerprint density at radius 3 is 1.47 bits per heavy atom. The molecule has 0 bridgehead atoms. The van der Waals surface area contributed by atoms with Crippen molar-refractivity contribution >= 4 is 13.7 Å². The van der Waals surface area contributed by atoms with Crippen LogP contribution in [0, 0.1) is 0 Å². The molecule has 4 N–H and O–H groups in total. The van der Waals surface area contributed by atoms with Crippen molar-refractivity contribution in [2.45, 2.75) is 231 Å². The van der Waals surface area contributed by atoms with E-state index in [4.69, 9.17) is 15.6 Å². The van der Waals surface area contributed by atoms with Gasteiger partial charge in [0.2, 0.25) is 7.34 Å². The van der Waals surface area contributed by atoms with Gasteiger partial charge in [-0.25, -0.2) is 4.57 Å². The molecule has 0 radical (unpaired) electrons. The van der Waals surface area contributed by atoms with Gasteiger partial charge in [0.25, 0.3) is 0 Å². The van der Waals surface area contributed by atoms with E-state index >= 15 is 0 Å². The van der Waals surface area contributed by atoms with E-state index in [2.05, 4.69) is 19.2 Å². The molecular formula is C45H92N2O7P+. The van der Waals surface area contributed by atoms with Gasteiger partial charge in [0.1, 0.15) is 19.3 Å². The number of nitrogens with zero attached hydrogens (tertiary/aromatic N) is 1. The number of hydrogen-bond acceptors (Lipinski definition) is 6. The van der Waals surface area contributed by atoms with Crippen LogP contribution in [0.15, 0.2) is 12.2 Å². The molecule has 55 heavy (non-hydrogen) atoms. The lowest BCUT2D eigenvalue weighted by Crippen LogP contribution is -2.49. The van der Waals surface area contributed by atoms with Crippen LogP contribution in [0.25, 0.3) is 0 Å². The van der Waals surface area contributed by atoms with Gasteiger partial charge in [0.15, 0.2) is 0 Å². The van der Waals surface area contributed by atoms with Crippen LogP contribution >= 0.6 is 7.82 Å². The Morgan fingerprint density at radius 2 is 1.07 bits per heavy atom. The zero-order valence-electron chi connectivity index (χ0n) is 37.8. The summed E-state index contributed by atoms with van der Waals surface area (Å²) in [7, 11) is 1.42. The highest BCUT2D eigenvalue weighted by atomic mass is 31.2. The molecular weight excluding hydrogens is 711 g/mol. The zero-order chi connectivity index (χ0) is 41.6. The second kappa shape index (κ2) is 37.5. The number of rotatable bonds is 43. The van der Waals surface area contributed by atoms with Gasteiger partial charge >= 0.3 is 7.82 Å². The van der Waals surface area contributed by atoms with Crippen molar-refractivity contribution in [3.8, 4) is 0 Å². The summed E-state index contributed by atoms with van der Waals surface area (Å²) in [6.07, 6.45) is 39.4. The Labute approximate surface area is 341 Å². The first kappa shape index (κ1) is 52.2. The maximum Gasteiger partial charge on any atom is 0.472 e. The van der Waals surface area contributed by atoms with Crippen LogP contribution in [0.5, 0.6) is 0 Å². The third-order valence-electron chi connectivity index (χ3n) is 10.6. The van der Waals surface area contributed by atoms with Crippen LogP contribution in [0.4, 0.5) is 0 Å². The fraction of sp³-hybridized carbons (Fsp3) is 0.933. The van der Waals surface area contributed by atoms with Gasteiger partial charge in [0, 0.05) is 0 Å². The van der Waals surface area contributed by atoms with Crippen molar-refractivity contribution in [3.63, 3.8) is 0 Å². The summed E-state index contributed by atoms with van der Waals surface area (Å²) in [4.78, 5) is 23.5. The molecule has 0 heterocycles. The number of phosphoric acid groups is 1. The van der Waals surface area contributed by atoms with Crippen molar-refractivity contribution in [2.75, 3.05) is 40.9 Å². The predicted molar refractivity (Wildman–Crippen MR) is 232 cm³/mol. The fourth-order valence-corrected chi connectivity index (χ4v) is 7.54. The number of unbranched alkanes of at least 4 members (excludes halogenated alkanes) is 28. The lowest BCUT2D eigenvalue weighted by atomic mass is 10.0. The van der Waals surface area contributed by atoms with Crippen LogP contribution in [0.3, 0.4) is 0 Å². The van der Waals surface area contributed by atoms with Gasteiger partial charge in [-0.05, 0) is 19.3 Å². The molecule has 0 aromatic rings. The summed E-state index contributed by atoms with van der Waals surface area (Å²) >= 11 is 0. The highest BCUT2D eigenvalue weighted by Crippen LogP contribution is 2.43. The van der Waals surface area contributed by atoms with Gasteiger partial charge in [0.05, 0.1) is 39.9 Å². The number of likely N-dealkylation sites (N-methyl/N-ethyl adjacent to an activating group) is 1. The van der Waals surface area contributed by atoms with Gasteiger partial charge in [-0.15, -0.1) is 0 Å². The van der Waals surface area contributed by atoms with E-state index < -0.39 is 38.6 Å². The molecule has 328 valence electrons. The molecule has 4 atom stereocenters. The number of allylic oxidation sites excluding steroid dienone is 1. The van der Waals surface area contributed by atoms with E-state index in [9.17, 15) is 19.4 Å². The zero-order valence-corrected chi connectivity index (χ0v) is 37.7. The molecule has 0 aliphatic rings. The van der Waals surface area contributed by atoms with Crippen LogP contribution < -0.4 is 5.32 Å². The lowest BCUT2D eigenvalue weighted by Gasteiger charge is -2.26. The fourth-order valence-electron chi connectivity index (χ4n) is 6.80. The third kappa shape index (κ3) is 38.5. The normalized spacial score (nSPS) is 15.2. The van der Waals surface area contributed by atoms with Gasteiger partial charge < -0.3 is 24.9 Å². The SMILES string of the molecule is [2H]OC(CCCCCCCCCCCCCCCCCCCC)C(=O)N[C@@H](COP(=O)(O)OCC[N+](C)(C)C)[C@H](O)/C=C/CCCCCCCCCCCCC. The van der Waals surface area contributed by atoms with Crippen LogP contribution in [0.2, 0.25) is 0 Å². The maximum absolute atomic E-state index is 13.2. The number of amides is 1. The molecule has 1 amide bonds. The van der Waals surface area contributed by atoms with Gasteiger partial charge in [-0.1, -0.05) is 206 Å². The van der Waals surface area contributed by atoms with E-state index in [0.717, 1.165) is 38.5 Å². The number of aliphatic hydroxyl groups excluding tert-OH is 2. The minimum Gasteiger partial charge on any atom is -0.387 e. The first-order valence-electron chi connectivity index (χ1n) is 23.6. The summed E-state index contributed by atoms with van der Waals surface area (Å²) < 4.78 is 31.1. The first-order valence-corrected chi connectivity index (χ1v) is 24.6. The number of aliphatic hydroxyl groups is 2. The second-order valence-electron chi connectivity index (χ2n) is 17.3. The van der Waals surface area contributed by atoms with Crippen molar-refractivity contribution in [2.24, 2.45) is 0 Å². The lowest BCUT2D eigenvalue weighted by molar-refractivity contribution is -0.870. The molecule has 0 saturated carbocycles. The molecule has 0 aromatic carbocycles. The molecule has 0 spiro atoms. The molecule has 10 heteroatoms. The summed E-state index contributed by atoms with van der Waals surface area (Å²) in [6.45, 7) is 4.60. The van der Waals surface area contributed by atoms with E-state index in [1.54, 1.807) is 6.08 Å². The van der Waals surface area contributed by atoms with Crippen molar-refractivity contribution < 1.29 is 38.0 Å². The Hall–Kier alpha value is -0.800. The van der Waals surface area contributed by atoms with Gasteiger partial charge in [-0.2, -0.15) is 0 Å². The Kier molecular flexibility index (Phi) is 35.6. The standard InChI is InChI=1S/C45H91N2O7P/c1-6-8-10-12-14-16-18-20-21-22-23-24-26-28-30-32-34-36-38-44(49)45(50)46-42(41-54-55(51,52)53-40-39-47(3,4)5)43(48)37-35-33-31-29-27-25-19-17-15-13-11-9-7-2/h35,37,42-44,48-49H,6-34,36,38-41H2,1-5H3,(H-,46,50,51,52)/p+1/b37-35+/t42-,43+,44?/m0/s1/i49D. The summed E-state index contributed by atoms with van der Waals surface area (Å²) in [5, 5.41) is 18.6. The molecule has 2 unspecified atom stereocenters. The number of phosphoric ester groups is 1. The number of hydrogen-bond donors (Lipinski definition) is 4. The Morgan fingerprint density at radius 1 is 0.673 bits per heavy atom. The largest absolute Gasteiger partial charge is 0.472 e. The van der Waals surface area contributed by atoms with Crippen LogP contribution in [0.1, 0.15) is 213 Å². The molecule has 0 aliphatic heterocycles. The minimum atomic E-state index is -4.42. The topological polar surface area (TPSA) is 125 Å². The van der Waals surface area contributed by atoms with Crippen molar-refractivity contribution in [3.05, 3.63) is 12.2 Å². The van der Waals surface area contributed by atoms with Gasteiger partial charge in [-0.3, -0.25) is 13.8 Å².